The van der Waals surface area contributed by atoms with Crippen LogP contribution in [-0.4, -0.2) is 12.5 Å². The number of nitrogens with one attached hydrogen (secondary N) is 2. The predicted molar refractivity (Wildman–Crippen MR) is 70.6 cm³/mol. The van der Waals surface area contributed by atoms with Gasteiger partial charge in [0.1, 0.15) is 5.82 Å². The summed E-state index contributed by atoms with van der Waals surface area (Å²) in [6.45, 7) is 6.70. The molecule has 0 atom stereocenters. The van der Waals surface area contributed by atoms with E-state index in [1.807, 2.05) is 0 Å². The number of hydrazine groups is 1. The van der Waals surface area contributed by atoms with E-state index >= 15 is 0 Å². The molecule has 1 rings (SSSR count). The van der Waals surface area contributed by atoms with Gasteiger partial charge in [0.25, 0.3) is 5.91 Å². The van der Waals surface area contributed by atoms with Crippen LogP contribution in [0.15, 0.2) is 18.2 Å². The first kappa shape index (κ1) is 14.4. The Morgan fingerprint density at radius 2 is 2.11 bits per heavy atom. The first-order chi connectivity index (χ1) is 8.41. The molecule has 0 aromatic heterocycles. The molecular formula is C13H20FN3O. The van der Waals surface area contributed by atoms with Gasteiger partial charge in [-0.05, 0) is 24.0 Å². The van der Waals surface area contributed by atoms with Crippen molar-refractivity contribution in [3.63, 3.8) is 0 Å². The zero-order valence-corrected chi connectivity index (χ0v) is 11.0. The molecule has 0 saturated heterocycles. The maximum atomic E-state index is 13.4. The molecule has 0 aliphatic carbocycles. The number of hydrogen-bond acceptors (Lipinski definition) is 3. The van der Waals surface area contributed by atoms with Gasteiger partial charge >= 0.3 is 0 Å². The standard InChI is InChI=1S/C13H20FN3O/c1-4-13(2,3)8-16-12(18)9-6-5-7-10(14)11(9)17-15/h5-7,17H,4,8,15H2,1-3H3,(H,16,18). The molecule has 5 heteroatoms. The molecule has 0 bridgehead atoms. The van der Waals surface area contributed by atoms with E-state index in [1.165, 1.54) is 18.2 Å². The Morgan fingerprint density at radius 3 is 2.67 bits per heavy atom. The first-order valence-corrected chi connectivity index (χ1v) is 5.94. The Bertz CT molecular complexity index is 432. The fraction of sp³-hybridized carbons (Fsp3) is 0.462. The lowest BCUT2D eigenvalue weighted by Gasteiger charge is -2.23. The maximum Gasteiger partial charge on any atom is 0.253 e. The monoisotopic (exact) mass is 253 g/mol. The highest BCUT2D eigenvalue weighted by Crippen LogP contribution is 2.20. The second-order valence-corrected chi connectivity index (χ2v) is 5.01. The predicted octanol–water partition coefficient (Wildman–Crippen LogP) is 2.28. The van der Waals surface area contributed by atoms with Crippen LogP contribution in [0.25, 0.3) is 0 Å². The molecule has 4 nitrogen and oxygen atoms in total. The third kappa shape index (κ3) is 3.43. The number of para-hydroxylation sites is 1. The topological polar surface area (TPSA) is 67.2 Å². The Kier molecular flexibility index (Phi) is 4.67. The lowest BCUT2D eigenvalue weighted by Crippen LogP contribution is -2.34. The van der Waals surface area contributed by atoms with Crippen LogP contribution in [0, 0.1) is 11.2 Å². The molecule has 0 radical (unpaired) electrons. The summed E-state index contributed by atoms with van der Waals surface area (Å²) in [4.78, 5) is 12.0. The molecule has 0 saturated carbocycles. The summed E-state index contributed by atoms with van der Waals surface area (Å²) in [6, 6.07) is 4.27. The summed E-state index contributed by atoms with van der Waals surface area (Å²) >= 11 is 0. The van der Waals surface area contributed by atoms with E-state index < -0.39 is 5.82 Å². The highest BCUT2D eigenvalue weighted by atomic mass is 19.1. The minimum Gasteiger partial charge on any atom is -0.351 e. The molecule has 4 N–H and O–H groups in total. The summed E-state index contributed by atoms with van der Waals surface area (Å²) in [5.41, 5.74) is 2.46. The summed E-state index contributed by atoms with van der Waals surface area (Å²) < 4.78 is 13.4. The molecule has 100 valence electrons. The van der Waals surface area contributed by atoms with E-state index in [0.29, 0.717) is 6.54 Å². The minimum absolute atomic E-state index is 0.0132. The average Bonchev–Trinajstić information content (AvgIpc) is 2.35. The zero-order chi connectivity index (χ0) is 13.8. The Hall–Kier alpha value is -1.62. The molecule has 1 aromatic carbocycles. The van der Waals surface area contributed by atoms with Crippen LogP contribution in [0.3, 0.4) is 0 Å². The van der Waals surface area contributed by atoms with Crippen molar-refractivity contribution in [1.29, 1.82) is 0 Å². The number of anilines is 1. The highest BCUT2D eigenvalue weighted by molar-refractivity contribution is 5.99. The van der Waals surface area contributed by atoms with E-state index in [9.17, 15) is 9.18 Å². The van der Waals surface area contributed by atoms with Crippen molar-refractivity contribution in [3.8, 4) is 0 Å². The Labute approximate surface area is 107 Å². The van der Waals surface area contributed by atoms with E-state index in [2.05, 4.69) is 31.5 Å². The zero-order valence-electron chi connectivity index (χ0n) is 11.0. The Balaban J connectivity index is 2.82. The van der Waals surface area contributed by atoms with Crippen molar-refractivity contribution >= 4 is 11.6 Å². The number of nitrogen functional groups attached to an aromatic ring is 1. The molecular weight excluding hydrogens is 233 g/mol. The smallest absolute Gasteiger partial charge is 0.253 e. The number of amides is 1. The van der Waals surface area contributed by atoms with Crippen LogP contribution in [0.5, 0.6) is 0 Å². The average molecular weight is 253 g/mol. The second kappa shape index (κ2) is 5.82. The first-order valence-electron chi connectivity index (χ1n) is 5.94. The number of rotatable bonds is 5. The number of carbonyl (C=O) groups excluding carboxylic acids is 1. The van der Waals surface area contributed by atoms with Crippen LogP contribution in [0.2, 0.25) is 0 Å². The number of halogens is 1. The Morgan fingerprint density at radius 1 is 1.44 bits per heavy atom. The van der Waals surface area contributed by atoms with Crippen LogP contribution >= 0.6 is 0 Å². The van der Waals surface area contributed by atoms with Crippen molar-refractivity contribution in [2.24, 2.45) is 11.3 Å². The van der Waals surface area contributed by atoms with Crippen molar-refractivity contribution in [1.82, 2.24) is 5.32 Å². The third-order valence-corrected chi connectivity index (χ3v) is 3.09. The molecule has 1 amide bonds. The van der Waals surface area contributed by atoms with Gasteiger partial charge in [-0.1, -0.05) is 26.8 Å². The van der Waals surface area contributed by atoms with Crippen LogP contribution in [0.1, 0.15) is 37.6 Å². The lowest BCUT2D eigenvalue weighted by atomic mass is 9.90. The summed E-state index contributed by atoms with van der Waals surface area (Å²) in [7, 11) is 0. The van der Waals surface area contributed by atoms with Gasteiger partial charge < -0.3 is 10.7 Å². The molecule has 0 unspecified atom stereocenters. The van der Waals surface area contributed by atoms with Gasteiger partial charge in [0.05, 0.1) is 11.3 Å². The van der Waals surface area contributed by atoms with Gasteiger partial charge in [-0.2, -0.15) is 0 Å². The van der Waals surface area contributed by atoms with E-state index in [-0.39, 0.29) is 22.6 Å². The van der Waals surface area contributed by atoms with Gasteiger partial charge in [0, 0.05) is 6.54 Å². The largest absolute Gasteiger partial charge is 0.351 e. The number of hydrogen-bond donors (Lipinski definition) is 3. The van der Waals surface area contributed by atoms with E-state index in [0.717, 1.165) is 6.42 Å². The summed E-state index contributed by atoms with van der Waals surface area (Å²) in [6.07, 6.45) is 0.943. The fourth-order valence-electron chi connectivity index (χ4n) is 1.40. The quantitative estimate of drug-likeness (QED) is 0.557. The normalized spacial score (nSPS) is 11.2. The van der Waals surface area contributed by atoms with Gasteiger partial charge in [-0.3, -0.25) is 10.6 Å². The second-order valence-electron chi connectivity index (χ2n) is 5.01. The van der Waals surface area contributed by atoms with E-state index in [4.69, 9.17) is 5.84 Å². The van der Waals surface area contributed by atoms with Gasteiger partial charge in [0.15, 0.2) is 0 Å². The van der Waals surface area contributed by atoms with Crippen molar-refractivity contribution < 1.29 is 9.18 Å². The molecule has 0 spiro atoms. The minimum atomic E-state index is -0.542. The maximum absolute atomic E-state index is 13.4. The highest BCUT2D eigenvalue weighted by Gasteiger charge is 2.19. The lowest BCUT2D eigenvalue weighted by molar-refractivity contribution is 0.0936. The van der Waals surface area contributed by atoms with Gasteiger partial charge in [-0.15, -0.1) is 0 Å². The fourth-order valence-corrected chi connectivity index (χ4v) is 1.40. The number of carbonyl (C=O) groups is 1. The van der Waals surface area contributed by atoms with Crippen molar-refractivity contribution in [2.75, 3.05) is 12.0 Å². The molecule has 0 heterocycles. The molecule has 18 heavy (non-hydrogen) atoms. The van der Waals surface area contributed by atoms with Crippen LogP contribution in [-0.2, 0) is 0 Å². The summed E-state index contributed by atoms with van der Waals surface area (Å²) in [5, 5.41) is 2.79. The molecule has 0 aliphatic rings. The van der Waals surface area contributed by atoms with Crippen LogP contribution < -0.4 is 16.6 Å². The van der Waals surface area contributed by atoms with E-state index in [1.54, 1.807) is 0 Å². The van der Waals surface area contributed by atoms with Crippen molar-refractivity contribution in [2.45, 2.75) is 27.2 Å². The number of nitrogens with two attached hydrogens (primary N) is 1. The van der Waals surface area contributed by atoms with Crippen molar-refractivity contribution in [3.05, 3.63) is 29.6 Å². The van der Waals surface area contributed by atoms with Gasteiger partial charge in [0.2, 0.25) is 0 Å². The van der Waals surface area contributed by atoms with Gasteiger partial charge in [-0.25, -0.2) is 4.39 Å². The van der Waals surface area contributed by atoms with Crippen LogP contribution in [0.4, 0.5) is 10.1 Å². The number of benzene rings is 1. The molecule has 1 aromatic rings. The third-order valence-electron chi connectivity index (χ3n) is 3.09. The molecule has 0 fully saturated rings. The molecule has 0 aliphatic heterocycles. The summed E-state index contributed by atoms with van der Waals surface area (Å²) in [5.74, 6) is 4.36. The SMILES string of the molecule is CCC(C)(C)CNC(=O)c1cccc(F)c1NN.